The molecular formula is C17H23ClF2N4. The number of likely N-dealkylation sites (tertiary alicyclic amines) is 1. The van der Waals surface area contributed by atoms with Gasteiger partial charge >= 0.3 is 0 Å². The second-order valence-corrected chi connectivity index (χ2v) is 6.99. The highest BCUT2D eigenvalue weighted by atomic mass is 35.5. The number of piperidine rings is 1. The summed E-state index contributed by atoms with van der Waals surface area (Å²) in [6.45, 7) is 3.38. The summed E-state index contributed by atoms with van der Waals surface area (Å²) in [6, 6.07) is 2.34. The summed E-state index contributed by atoms with van der Waals surface area (Å²) in [7, 11) is 1.99. The van der Waals surface area contributed by atoms with E-state index in [0.717, 1.165) is 50.4 Å². The van der Waals surface area contributed by atoms with Gasteiger partial charge in [0.15, 0.2) is 0 Å². The van der Waals surface area contributed by atoms with Gasteiger partial charge in [-0.25, -0.2) is 8.78 Å². The smallest absolute Gasteiger partial charge is 0.142 e. The minimum Gasteiger partial charge on any atom is -0.357 e. The fraction of sp³-hybridized carbons (Fsp3) is 0.529. The van der Waals surface area contributed by atoms with Crippen LogP contribution in [-0.2, 0) is 6.54 Å². The molecule has 0 aliphatic carbocycles. The van der Waals surface area contributed by atoms with Crippen molar-refractivity contribution in [1.82, 2.24) is 14.7 Å². The summed E-state index contributed by atoms with van der Waals surface area (Å²) >= 11 is 6.00. The number of rotatable bonds is 3. The van der Waals surface area contributed by atoms with E-state index >= 15 is 0 Å². The van der Waals surface area contributed by atoms with Gasteiger partial charge in [0.25, 0.3) is 0 Å². The highest BCUT2D eigenvalue weighted by Gasteiger charge is 2.27. The van der Waals surface area contributed by atoms with Crippen LogP contribution >= 0.6 is 11.6 Å². The van der Waals surface area contributed by atoms with Crippen molar-refractivity contribution in [2.24, 2.45) is 5.73 Å². The van der Waals surface area contributed by atoms with E-state index in [0.29, 0.717) is 6.67 Å². The zero-order chi connectivity index (χ0) is 17.3. The van der Waals surface area contributed by atoms with Crippen LogP contribution < -0.4 is 5.73 Å². The van der Waals surface area contributed by atoms with E-state index in [9.17, 15) is 8.78 Å². The van der Waals surface area contributed by atoms with Crippen LogP contribution in [0.15, 0.2) is 24.0 Å². The number of hydrogen-bond donors (Lipinski definition) is 1. The maximum absolute atomic E-state index is 14.2. The number of likely N-dealkylation sites (N-methyl/N-ethyl adjacent to an activating group) is 1. The highest BCUT2D eigenvalue weighted by molar-refractivity contribution is 6.31. The minimum absolute atomic E-state index is 0.141. The zero-order valence-electron chi connectivity index (χ0n) is 13.8. The van der Waals surface area contributed by atoms with Crippen molar-refractivity contribution in [3.63, 3.8) is 0 Å². The van der Waals surface area contributed by atoms with Crippen molar-refractivity contribution in [3.05, 3.63) is 46.3 Å². The Morgan fingerprint density at radius 3 is 2.79 bits per heavy atom. The lowest BCUT2D eigenvalue weighted by Gasteiger charge is -2.43. The van der Waals surface area contributed by atoms with Crippen molar-refractivity contribution in [3.8, 4) is 0 Å². The summed E-state index contributed by atoms with van der Waals surface area (Å²) in [5.74, 6) is -0.0451. The highest BCUT2D eigenvalue weighted by Crippen LogP contribution is 2.28. The molecule has 3 rings (SSSR count). The Balaban J connectivity index is 1.86. The maximum atomic E-state index is 14.2. The SMILES string of the molecule is CN1CC=C(N2CCC[C@@H](N)C2)N(Cc2c(F)ccc(F)c2Cl)C1. The Bertz CT molecular complexity index is 637. The van der Waals surface area contributed by atoms with Crippen molar-refractivity contribution in [1.29, 1.82) is 0 Å². The van der Waals surface area contributed by atoms with Gasteiger partial charge in [-0.15, -0.1) is 0 Å². The molecular weight excluding hydrogens is 334 g/mol. The molecule has 1 atom stereocenters. The third-order valence-corrected chi connectivity index (χ3v) is 5.00. The number of hydrogen-bond acceptors (Lipinski definition) is 4. The summed E-state index contributed by atoms with van der Waals surface area (Å²) in [6.07, 6.45) is 4.18. The predicted molar refractivity (Wildman–Crippen MR) is 91.3 cm³/mol. The molecule has 4 nitrogen and oxygen atoms in total. The first kappa shape index (κ1) is 17.5. The molecule has 2 aliphatic rings. The zero-order valence-corrected chi connectivity index (χ0v) is 14.6. The van der Waals surface area contributed by atoms with Gasteiger partial charge < -0.3 is 15.5 Å². The van der Waals surface area contributed by atoms with E-state index in [1.54, 1.807) is 0 Å². The molecule has 2 aliphatic heterocycles. The van der Waals surface area contributed by atoms with Gasteiger partial charge in [-0.2, -0.15) is 0 Å². The lowest BCUT2D eigenvalue weighted by Crippen LogP contribution is -2.50. The van der Waals surface area contributed by atoms with E-state index < -0.39 is 11.6 Å². The molecule has 132 valence electrons. The minimum atomic E-state index is -0.594. The van der Waals surface area contributed by atoms with Crippen LogP contribution in [0.2, 0.25) is 5.02 Å². The molecule has 1 aromatic rings. The molecule has 1 fully saturated rings. The monoisotopic (exact) mass is 356 g/mol. The summed E-state index contributed by atoms with van der Waals surface area (Å²) in [5.41, 5.74) is 6.29. The third kappa shape index (κ3) is 3.66. The Labute approximate surface area is 146 Å². The molecule has 0 unspecified atom stereocenters. The number of nitrogens with zero attached hydrogens (tertiary/aromatic N) is 3. The molecule has 1 saturated heterocycles. The molecule has 7 heteroatoms. The van der Waals surface area contributed by atoms with Crippen LogP contribution in [0, 0.1) is 11.6 Å². The first-order chi connectivity index (χ1) is 11.5. The van der Waals surface area contributed by atoms with Gasteiger partial charge in [0, 0.05) is 31.2 Å². The van der Waals surface area contributed by atoms with Crippen LogP contribution in [0.4, 0.5) is 8.78 Å². The lowest BCUT2D eigenvalue weighted by molar-refractivity contribution is 0.104. The Kier molecular flexibility index (Phi) is 5.27. The lowest BCUT2D eigenvalue weighted by atomic mass is 10.1. The van der Waals surface area contributed by atoms with Crippen molar-refractivity contribution >= 4 is 11.6 Å². The van der Waals surface area contributed by atoms with Crippen LogP contribution in [0.25, 0.3) is 0 Å². The average Bonchev–Trinajstić information content (AvgIpc) is 2.55. The van der Waals surface area contributed by atoms with E-state index in [1.807, 2.05) is 11.9 Å². The summed E-state index contributed by atoms with van der Waals surface area (Å²) < 4.78 is 27.9. The summed E-state index contributed by atoms with van der Waals surface area (Å²) in [4.78, 5) is 6.38. The Morgan fingerprint density at radius 1 is 1.29 bits per heavy atom. The second kappa shape index (κ2) is 7.25. The van der Waals surface area contributed by atoms with Crippen molar-refractivity contribution in [2.45, 2.75) is 25.4 Å². The topological polar surface area (TPSA) is 35.7 Å². The molecule has 0 bridgehead atoms. The van der Waals surface area contributed by atoms with Gasteiger partial charge in [-0.3, -0.25) is 4.90 Å². The van der Waals surface area contributed by atoms with Gasteiger partial charge in [-0.05, 0) is 38.1 Å². The van der Waals surface area contributed by atoms with E-state index in [4.69, 9.17) is 17.3 Å². The van der Waals surface area contributed by atoms with E-state index in [1.165, 1.54) is 0 Å². The number of nitrogens with two attached hydrogens (primary N) is 1. The average molecular weight is 357 g/mol. The van der Waals surface area contributed by atoms with Crippen LogP contribution in [0.3, 0.4) is 0 Å². The summed E-state index contributed by atoms with van der Waals surface area (Å²) in [5, 5.41) is -0.141. The quantitative estimate of drug-likeness (QED) is 0.844. The van der Waals surface area contributed by atoms with E-state index in [2.05, 4.69) is 15.9 Å². The van der Waals surface area contributed by atoms with Crippen LogP contribution in [0.5, 0.6) is 0 Å². The third-order valence-electron chi connectivity index (χ3n) is 4.59. The predicted octanol–water partition coefficient (Wildman–Crippen LogP) is 2.59. The first-order valence-electron chi connectivity index (χ1n) is 8.22. The second-order valence-electron chi connectivity index (χ2n) is 6.61. The van der Waals surface area contributed by atoms with Crippen molar-refractivity contribution < 1.29 is 8.78 Å². The molecule has 0 saturated carbocycles. The van der Waals surface area contributed by atoms with E-state index in [-0.39, 0.29) is 23.2 Å². The fourth-order valence-electron chi connectivity index (χ4n) is 3.37. The molecule has 0 spiro atoms. The molecule has 24 heavy (non-hydrogen) atoms. The number of halogens is 3. The Hall–Kier alpha value is -1.37. The van der Waals surface area contributed by atoms with Crippen LogP contribution in [0.1, 0.15) is 18.4 Å². The van der Waals surface area contributed by atoms with Crippen molar-refractivity contribution in [2.75, 3.05) is 33.4 Å². The van der Waals surface area contributed by atoms with Gasteiger partial charge in [0.1, 0.15) is 17.5 Å². The Morgan fingerprint density at radius 2 is 2.04 bits per heavy atom. The molecule has 0 aromatic heterocycles. The molecule has 0 amide bonds. The molecule has 2 heterocycles. The normalized spacial score (nSPS) is 22.7. The molecule has 0 radical (unpaired) electrons. The molecule has 1 aromatic carbocycles. The standard InChI is InChI=1S/C17H23ClF2N4/c1-22-8-6-16(23-7-2-3-12(21)9-23)24(11-22)10-13-14(19)4-5-15(20)17(13)18/h4-6,12H,2-3,7-11,21H2,1H3/t12-/m1/s1. The molecule has 2 N–H and O–H groups in total. The number of benzene rings is 1. The van der Waals surface area contributed by atoms with Crippen LogP contribution in [-0.4, -0.2) is 54.1 Å². The maximum Gasteiger partial charge on any atom is 0.142 e. The largest absolute Gasteiger partial charge is 0.357 e. The first-order valence-corrected chi connectivity index (χ1v) is 8.60. The fourth-order valence-corrected chi connectivity index (χ4v) is 3.58. The van der Waals surface area contributed by atoms with Gasteiger partial charge in [-0.1, -0.05) is 11.6 Å². The van der Waals surface area contributed by atoms with Gasteiger partial charge in [0.05, 0.1) is 18.2 Å². The van der Waals surface area contributed by atoms with Gasteiger partial charge in [0.2, 0.25) is 0 Å².